The molecule has 20 heavy (non-hydrogen) atoms. The zero-order chi connectivity index (χ0) is 13.8. The number of pyridine rings is 2. The largest absolute Gasteiger partial charge is 0.271 e. The average Bonchev–Trinajstić information content (AvgIpc) is 2.53. The number of aryl methyl sites for hydroxylation is 1. The highest BCUT2D eigenvalue weighted by atomic mass is 16.2. The molecule has 5 heteroatoms. The first-order valence-corrected chi connectivity index (χ1v) is 6.56. The number of hydrogen-bond donors (Lipinski definition) is 1. The number of nitrogens with one attached hydrogen (secondary N) is 1. The molecule has 0 saturated heterocycles. The number of hydrogen-bond acceptors (Lipinski definition) is 4. The van der Waals surface area contributed by atoms with E-state index in [1.165, 1.54) is 5.56 Å². The van der Waals surface area contributed by atoms with Crippen LogP contribution >= 0.6 is 0 Å². The summed E-state index contributed by atoms with van der Waals surface area (Å²) < 4.78 is 0. The van der Waals surface area contributed by atoms with Crippen LogP contribution in [0.4, 0.5) is 0 Å². The van der Waals surface area contributed by atoms with Gasteiger partial charge in [-0.2, -0.15) is 5.10 Å². The van der Waals surface area contributed by atoms with Gasteiger partial charge in [-0.25, -0.2) is 5.43 Å². The highest BCUT2D eigenvalue weighted by Gasteiger charge is 2.16. The van der Waals surface area contributed by atoms with Crippen LogP contribution in [-0.4, -0.2) is 21.6 Å². The molecule has 0 fully saturated rings. The second-order valence-electron chi connectivity index (χ2n) is 4.60. The SMILES string of the molecule is O=C(N/N=C1\CCCc2cccnc21)c1ccncc1. The van der Waals surface area contributed by atoms with Crippen molar-refractivity contribution >= 4 is 11.6 Å². The number of hydrazone groups is 1. The van der Waals surface area contributed by atoms with Crippen molar-refractivity contribution in [2.24, 2.45) is 5.10 Å². The summed E-state index contributed by atoms with van der Waals surface area (Å²) in [5.74, 6) is -0.233. The highest BCUT2D eigenvalue weighted by Crippen LogP contribution is 2.19. The molecule has 5 nitrogen and oxygen atoms in total. The summed E-state index contributed by atoms with van der Waals surface area (Å²) >= 11 is 0. The van der Waals surface area contributed by atoms with Crippen LogP contribution in [0, 0.1) is 0 Å². The standard InChI is InChI=1S/C15H14N4O/c20-15(12-6-9-16-10-7-12)19-18-13-5-1-3-11-4-2-8-17-14(11)13/h2,4,6-10H,1,3,5H2,(H,19,20)/b18-13+. The quantitative estimate of drug-likeness (QED) is 0.845. The van der Waals surface area contributed by atoms with E-state index in [0.717, 1.165) is 30.7 Å². The first kappa shape index (κ1) is 12.5. The minimum atomic E-state index is -0.233. The first-order valence-electron chi connectivity index (χ1n) is 6.56. The van der Waals surface area contributed by atoms with E-state index >= 15 is 0 Å². The number of carbonyl (C=O) groups is 1. The number of nitrogens with zero attached hydrogens (tertiary/aromatic N) is 3. The summed E-state index contributed by atoms with van der Waals surface area (Å²) in [6.45, 7) is 0. The predicted octanol–water partition coefficient (Wildman–Crippen LogP) is 1.95. The van der Waals surface area contributed by atoms with Gasteiger partial charge in [0.2, 0.25) is 0 Å². The predicted molar refractivity (Wildman–Crippen MR) is 75.4 cm³/mol. The molecule has 1 N–H and O–H groups in total. The Labute approximate surface area is 116 Å². The smallest absolute Gasteiger partial charge is 0.267 e. The van der Waals surface area contributed by atoms with Gasteiger partial charge in [0.05, 0.1) is 11.4 Å². The minimum absolute atomic E-state index is 0.233. The van der Waals surface area contributed by atoms with Gasteiger partial charge in [0, 0.05) is 24.2 Å². The van der Waals surface area contributed by atoms with Crippen LogP contribution in [0.1, 0.15) is 34.5 Å². The number of rotatable bonds is 2. The highest BCUT2D eigenvalue weighted by molar-refractivity contribution is 6.02. The molecule has 0 unspecified atom stereocenters. The Bertz CT molecular complexity index is 652. The number of amides is 1. The molecule has 0 spiro atoms. The fraction of sp³-hybridized carbons (Fsp3) is 0.200. The van der Waals surface area contributed by atoms with Gasteiger partial charge in [-0.3, -0.25) is 14.8 Å². The molecule has 0 aromatic carbocycles. The van der Waals surface area contributed by atoms with Gasteiger partial charge < -0.3 is 0 Å². The van der Waals surface area contributed by atoms with E-state index < -0.39 is 0 Å². The fourth-order valence-electron chi connectivity index (χ4n) is 2.26. The van der Waals surface area contributed by atoms with Gasteiger partial charge in [0.1, 0.15) is 0 Å². The molecule has 0 bridgehead atoms. The maximum atomic E-state index is 11.9. The Morgan fingerprint density at radius 3 is 2.85 bits per heavy atom. The molecular formula is C15H14N4O. The van der Waals surface area contributed by atoms with E-state index in [0.29, 0.717) is 5.56 Å². The molecule has 100 valence electrons. The second kappa shape index (κ2) is 5.61. The Balaban J connectivity index is 1.79. The van der Waals surface area contributed by atoms with Gasteiger partial charge in [-0.1, -0.05) is 6.07 Å². The number of carbonyl (C=O) groups excluding carboxylic acids is 1. The van der Waals surface area contributed by atoms with Crippen LogP contribution in [0.5, 0.6) is 0 Å². The summed E-state index contributed by atoms with van der Waals surface area (Å²) in [6, 6.07) is 7.30. The first-order chi connectivity index (χ1) is 9.84. The molecule has 1 aliphatic carbocycles. The molecule has 1 aliphatic rings. The van der Waals surface area contributed by atoms with Crippen molar-refractivity contribution in [1.29, 1.82) is 0 Å². The molecular weight excluding hydrogens is 252 g/mol. The summed E-state index contributed by atoms with van der Waals surface area (Å²) in [6.07, 6.45) is 7.80. The Hall–Kier alpha value is -2.56. The normalized spacial score (nSPS) is 15.7. The summed E-state index contributed by atoms with van der Waals surface area (Å²) in [4.78, 5) is 20.2. The molecule has 0 aliphatic heterocycles. The van der Waals surface area contributed by atoms with Crippen LogP contribution in [0.3, 0.4) is 0 Å². The van der Waals surface area contributed by atoms with E-state index in [-0.39, 0.29) is 5.91 Å². The molecule has 2 heterocycles. The van der Waals surface area contributed by atoms with Crippen molar-refractivity contribution in [3.05, 3.63) is 59.7 Å². The van der Waals surface area contributed by atoms with Crippen molar-refractivity contribution in [3.63, 3.8) is 0 Å². The van der Waals surface area contributed by atoms with Crippen molar-refractivity contribution in [2.75, 3.05) is 0 Å². The topological polar surface area (TPSA) is 67.2 Å². The van der Waals surface area contributed by atoms with Crippen molar-refractivity contribution in [1.82, 2.24) is 15.4 Å². The van der Waals surface area contributed by atoms with Crippen LogP contribution in [-0.2, 0) is 6.42 Å². The number of aromatic nitrogens is 2. The van der Waals surface area contributed by atoms with Gasteiger partial charge in [0.15, 0.2) is 0 Å². The molecule has 1 amide bonds. The van der Waals surface area contributed by atoms with Crippen molar-refractivity contribution < 1.29 is 4.79 Å². The lowest BCUT2D eigenvalue weighted by Gasteiger charge is -2.16. The zero-order valence-electron chi connectivity index (χ0n) is 10.9. The second-order valence-corrected chi connectivity index (χ2v) is 4.60. The Morgan fingerprint density at radius 2 is 2.00 bits per heavy atom. The Kier molecular flexibility index (Phi) is 3.50. The van der Waals surface area contributed by atoms with Gasteiger partial charge in [0.25, 0.3) is 5.91 Å². The molecule has 2 aromatic heterocycles. The van der Waals surface area contributed by atoms with E-state index in [1.807, 2.05) is 6.07 Å². The fourth-order valence-corrected chi connectivity index (χ4v) is 2.26. The third kappa shape index (κ3) is 2.56. The van der Waals surface area contributed by atoms with Gasteiger partial charge >= 0.3 is 0 Å². The van der Waals surface area contributed by atoms with E-state index in [2.05, 4.69) is 26.6 Å². The van der Waals surface area contributed by atoms with Crippen LogP contribution in [0.2, 0.25) is 0 Å². The zero-order valence-corrected chi connectivity index (χ0v) is 10.9. The number of fused-ring (bicyclic) bond motifs is 1. The molecule has 3 rings (SSSR count). The Morgan fingerprint density at radius 1 is 1.15 bits per heavy atom. The van der Waals surface area contributed by atoms with Crippen LogP contribution in [0.25, 0.3) is 0 Å². The average molecular weight is 266 g/mol. The molecule has 2 aromatic rings. The van der Waals surface area contributed by atoms with Gasteiger partial charge in [-0.05, 0) is 43.0 Å². The van der Waals surface area contributed by atoms with Crippen molar-refractivity contribution in [3.8, 4) is 0 Å². The van der Waals surface area contributed by atoms with E-state index in [4.69, 9.17) is 0 Å². The third-order valence-corrected chi connectivity index (χ3v) is 3.26. The third-order valence-electron chi connectivity index (χ3n) is 3.26. The lowest BCUT2D eigenvalue weighted by Crippen LogP contribution is -2.22. The summed E-state index contributed by atoms with van der Waals surface area (Å²) in [5, 5.41) is 4.24. The molecule has 0 atom stereocenters. The lowest BCUT2D eigenvalue weighted by molar-refractivity contribution is 0.0954. The van der Waals surface area contributed by atoms with Crippen LogP contribution < -0.4 is 5.43 Å². The monoisotopic (exact) mass is 266 g/mol. The lowest BCUT2D eigenvalue weighted by atomic mass is 9.95. The van der Waals surface area contributed by atoms with Gasteiger partial charge in [-0.15, -0.1) is 0 Å². The summed E-state index contributed by atoms with van der Waals surface area (Å²) in [5.41, 5.74) is 6.06. The maximum Gasteiger partial charge on any atom is 0.271 e. The minimum Gasteiger partial charge on any atom is -0.267 e. The van der Waals surface area contributed by atoms with E-state index in [1.54, 1.807) is 30.7 Å². The van der Waals surface area contributed by atoms with Crippen molar-refractivity contribution in [2.45, 2.75) is 19.3 Å². The molecule has 0 saturated carbocycles. The molecule has 0 radical (unpaired) electrons. The summed E-state index contributed by atoms with van der Waals surface area (Å²) in [7, 11) is 0. The van der Waals surface area contributed by atoms with Crippen LogP contribution in [0.15, 0.2) is 48.0 Å². The van der Waals surface area contributed by atoms with E-state index in [9.17, 15) is 4.79 Å². The maximum absolute atomic E-state index is 11.9.